The standard InChI is InChI=1S/C7H14O3S/c1-3-9-4-5-10-7(8)6(2)11/h6,11H,3-5H2,1-2H3. The third kappa shape index (κ3) is 6.19. The maximum atomic E-state index is 10.8. The monoisotopic (exact) mass is 178 g/mol. The van der Waals surface area contributed by atoms with Gasteiger partial charge in [-0.05, 0) is 13.8 Å². The maximum absolute atomic E-state index is 10.8. The molecule has 4 heteroatoms. The highest BCUT2D eigenvalue weighted by atomic mass is 32.1. The summed E-state index contributed by atoms with van der Waals surface area (Å²) in [7, 11) is 0. The van der Waals surface area contributed by atoms with Gasteiger partial charge in [0, 0.05) is 6.61 Å². The molecule has 0 spiro atoms. The molecule has 0 heterocycles. The molecule has 1 unspecified atom stereocenters. The van der Waals surface area contributed by atoms with Gasteiger partial charge in [-0.1, -0.05) is 0 Å². The van der Waals surface area contributed by atoms with Crippen LogP contribution in [-0.4, -0.2) is 31.0 Å². The highest BCUT2D eigenvalue weighted by Crippen LogP contribution is 1.95. The Balaban J connectivity index is 3.18. The average Bonchev–Trinajstić information content (AvgIpc) is 1.97. The number of ether oxygens (including phenoxy) is 2. The topological polar surface area (TPSA) is 35.5 Å². The predicted octanol–water partition coefficient (Wildman–Crippen LogP) is 0.884. The lowest BCUT2D eigenvalue weighted by molar-refractivity contribution is -0.144. The van der Waals surface area contributed by atoms with Crippen molar-refractivity contribution in [3.05, 3.63) is 0 Å². The van der Waals surface area contributed by atoms with Gasteiger partial charge in [-0.25, -0.2) is 0 Å². The first-order chi connectivity index (χ1) is 5.18. The van der Waals surface area contributed by atoms with Crippen LogP contribution in [0.25, 0.3) is 0 Å². The second-order valence-corrected chi connectivity index (χ2v) is 2.81. The van der Waals surface area contributed by atoms with Gasteiger partial charge in [0.15, 0.2) is 0 Å². The Labute approximate surface area is 72.5 Å². The minimum absolute atomic E-state index is 0.298. The first-order valence-electron chi connectivity index (χ1n) is 3.61. The molecule has 0 fully saturated rings. The molecule has 0 radical (unpaired) electrons. The Morgan fingerprint density at radius 2 is 2.18 bits per heavy atom. The quantitative estimate of drug-likeness (QED) is 0.386. The number of hydrogen-bond acceptors (Lipinski definition) is 4. The molecule has 0 aromatic rings. The lowest BCUT2D eigenvalue weighted by Crippen LogP contribution is -2.17. The van der Waals surface area contributed by atoms with Crippen molar-refractivity contribution in [3.63, 3.8) is 0 Å². The van der Waals surface area contributed by atoms with Crippen LogP contribution >= 0.6 is 12.6 Å². The van der Waals surface area contributed by atoms with Gasteiger partial charge in [-0.3, -0.25) is 4.79 Å². The third-order valence-corrected chi connectivity index (χ3v) is 1.23. The van der Waals surface area contributed by atoms with E-state index in [-0.39, 0.29) is 11.2 Å². The van der Waals surface area contributed by atoms with Crippen LogP contribution < -0.4 is 0 Å². The first kappa shape index (κ1) is 10.8. The highest BCUT2D eigenvalue weighted by molar-refractivity contribution is 7.81. The lowest BCUT2D eigenvalue weighted by atomic mass is 10.5. The fourth-order valence-electron chi connectivity index (χ4n) is 0.466. The van der Waals surface area contributed by atoms with Crippen LogP contribution in [0.1, 0.15) is 13.8 Å². The molecule has 66 valence electrons. The summed E-state index contributed by atoms with van der Waals surface area (Å²) >= 11 is 3.90. The molecule has 0 rings (SSSR count). The minimum Gasteiger partial charge on any atom is -0.462 e. The molecule has 3 nitrogen and oxygen atoms in total. The van der Waals surface area contributed by atoms with Crippen molar-refractivity contribution >= 4 is 18.6 Å². The Bertz CT molecular complexity index is 114. The van der Waals surface area contributed by atoms with Gasteiger partial charge in [-0.15, -0.1) is 0 Å². The summed E-state index contributed by atoms with van der Waals surface area (Å²) in [6.45, 7) is 4.99. The van der Waals surface area contributed by atoms with Gasteiger partial charge in [0.05, 0.1) is 11.9 Å². The van der Waals surface area contributed by atoms with Crippen LogP contribution in [-0.2, 0) is 14.3 Å². The number of carbonyl (C=O) groups is 1. The summed E-state index contributed by atoms with van der Waals surface area (Å²) in [5, 5.41) is -0.350. The summed E-state index contributed by atoms with van der Waals surface area (Å²) in [6, 6.07) is 0. The number of thiol groups is 1. The lowest BCUT2D eigenvalue weighted by Gasteiger charge is -2.05. The summed E-state index contributed by atoms with van der Waals surface area (Å²) in [6.07, 6.45) is 0. The van der Waals surface area contributed by atoms with Crippen molar-refractivity contribution in [1.82, 2.24) is 0 Å². The van der Waals surface area contributed by atoms with Gasteiger partial charge in [0.2, 0.25) is 0 Å². The molecule has 0 saturated heterocycles. The fraction of sp³-hybridized carbons (Fsp3) is 0.857. The van der Waals surface area contributed by atoms with Gasteiger partial charge < -0.3 is 9.47 Å². The largest absolute Gasteiger partial charge is 0.462 e. The van der Waals surface area contributed by atoms with E-state index < -0.39 is 0 Å². The number of esters is 1. The second kappa shape index (κ2) is 6.49. The van der Waals surface area contributed by atoms with Crippen LogP contribution in [0.5, 0.6) is 0 Å². The van der Waals surface area contributed by atoms with E-state index in [1.54, 1.807) is 6.92 Å². The molecule has 0 N–H and O–H groups in total. The zero-order valence-electron chi connectivity index (χ0n) is 6.87. The highest BCUT2D eigenvalue weighted by Gasteiger charge is 2.07. The van der Waals surface area contributed by atoms with Crippen LogP contribution in [0.4, 0.5) is 0 Å². The molecule has 11 heavy (non-hydrogen) atoms. The Morgan fingerprint density at radius 1 is 1.55 bits per heavy atom. The molecule has 0 aliphatic heterocycles. The van der Waals surface area contributed by atoms with Crippen molar-refractivity contribution in [2.24, 2.45) is 0 Å². The Hall–Kier alpha value is -0.220. The van der Waals surface area contributed by atoms with Crippen molar-refractivity contribution in [2.45, 2.75) is 19.1 Å². The van der Waals surface area contributed by atoms with E-state index in [9.17, 15) is 4.79 Å². The third-order valence-electron chi connectivity index (χ3n) is 1.02. The first-order valence-corrected chi connectivity index (χ1v) is 4.12. The van der Waals surface area contributed by atoms with Gasteiger partial charge in [0.1, 0.15) is 6.61 Å². The molecule has 0 aliphatic carbocycles. The molecular weight excluding hydrogens is 164 g/mol. The fourth-order valence-corrected chi connectivity index (χ4v) is 0.541. The van der Waals surface area contributed by atoms with Crippen molar-refractivity contribution in [3.8, 4) is 0 Å². The molecule has 0 amide bonds. The van der Waals surface area contributed by atoms with E-state index in [1.165, 1.54) is 0 Å². The molecule has 1 atom stereocenters. The zero-order valence-corrected chi connectivity index (χ0v) is 7.77. The summed E-state index contributed by atoms with van der Waals surface area (Å²) in [4.78, 5) is 10.8. The SMILES string of the molecule is CCOCCOC(=O)C(C)S. The van der Waals surface area contributed by atoms with Gasteiger partial charge in [-0.2, -0.15) is 12.6 Å². The maximum Gasteiger partial charge on any atom is 0.318 e. The van der Waals surface area contributed by atoms with Gasteiger partial charge >= 0.3 is 5.97 Å². The second-order valence-electron chi connectivity index (χ2n) is 2.04. The molecule has 0 aromatic heterocycles. The molecule has 0 saturated carbocycles. The van der Waals surface area contributed by atoms with Crippen LogP contribution in [0, 0.1) is 0 Å². The van der Waals surface area contributed by atoms with E-state index >= 15 is 0 Å². The Morgan fingerprint density at radius 3 is 2.64 bits per heavy atom. The van der Waals surface area contributed by atoms with E-state index in [2.05, 4.69) is 12.6 Å². The smallest absolute Gasteiger partial charge is 0.318 e. The average molecular weight is 178 g/mol. The van der Waals surface area contributed by atoms with E-state index in [1.807, 2.05) is 6.92 Å². The van der Waals surface area contributed by atoms with E-state index in [0.29, 0.717) is 19.8 Å². The zero-order chi connectivity index (χ0) is 8.69. The van der Waals surface area contributed by atoms with Crippen molar-refractivity contribution in [2.75, 3.05) is 19.8 Å². The van der Waals surface area contributed by atoms with Crippen molar-refractivity contribution < 1.29 is 14.3 Å². The Kier molecular flexibility index (Phi) is 6.36. The molecule has 0 aromatic carbocycles. The predicted molar refractivity (Wildman–Crippen MR) is 45.9 cm³/mol. The van der Waals surface area contributed by atoms with Crippen LogP contribution in [0.2, 0.25) is 0 Å². The number of hydrogen-bond donors (Lipinski definition) is 1. The summed E-state index contributed by atoms with van der Waals surface area (Å²) in [5.41, 5.74) is 0. The minimum atomic E-state index is -0.350. The van der Waals surface area contributed by atoms with Crippen LogP contribution in [0.3, 0.4) is 0 Å². The normalized spacial score (nSPS) is 12.6. The summed E-state index contributed by atoms with van der Waals surface area (Å²) < 4.78 is 9.73. The molecular formula is C7H14O3S. The van der Waals surface area contributed by atoms with Gasteiger partial charge in [0.25, 0.3) is 0 Å². The molecule has 0 bridgehead atoms. The number of carbonyl (C=O) groups excluding carboxylic acids is 1. The van der Waals surface area contributed by atoms with Crippen LogP contribution in [0.15, 0.2) is 0 Å². The summed E-state index contributed by atoms with van der Waals surface area (Å²) in [5.74, 6) is -0.298. The van der Waals surface area contributed by atoms with E-state index in [4.69, 9.17) is 9.47 Å². The van der Waals surface area contributed by atoms with Crippen molar-refractivity contribution in [1.29, 1.82) is 0 Å². The number of rotatable bonds is 5. The van der Waals surface area contributed by atoms with E-state index in [0.717, 1.165) is 0 Å². The molecule has 0 aliphatic rings.